The van der Waals surface area contributed by atoms with Crippen molar-refractivity contribution in [3.8, 4) is 0 Å². The summed E-state index contributed by atoms with van der Waals surface area (Å²) in [4.78, 5) is 9.77. The van der Waals surface area contributed by atoms with Crippen molar-refractivity contribution in [1.29, 1.82) is 0 Å². The number of nitrogens with two attached hydrogens (primary N) is 1. The second-order valence-electron chi connectivity index (χ2n) is 4.23. The fourth-order valence-corrected chi connectivity index (χ4v) is 0.885. The number of carboxylic acid groups (broad SMARTS) is 1. The van der Waals surface area contributed by atoms with Gasteiger partial charge in [-0.15, -0.1) is 0 Å². The first-order chi connectivity index (χ1) is 6.33. The first-order valence-electron chi connectivity index (χ1n) is 4.10. The Morgan fingerprint density at radius 3 is 1.87 bits per heavy atom. The number of hydrogen-bond donors (Lipinski definition) is 3. The Hall–Kier alpha value is -0.700. The first-order valence-corrected chi connectivity index (χ1v) is 5.71. The fourth-order valence-electron chi connectivity index (χ4n) is 0.295. The number of hydrogen-bond acceptors (Lipinski definition) is 5. The average molecular weight is 242 g/mol. The third-order valence-corrected chi connectivity index (χ3v) is 1.47. The summed E-state index contributed by atoms with van der Waals surface area (Å²) in [5.74, 6) is -2.73. The lowest BCUT2D eigenvalue weighted by Crippen LogP contribution is -2.67. The Balaban J connectivity index is 0. The van der Waals surface area contributed by atoms with Crippen LogP contribution in [0.1, 0.15) is 20.8 Å². The van der Waals surface area contributed by atoms with Crippen LogP contribution in [0.25, 0.3) is 0 Å². The van der Waals surface area contributed by atoms with Crippen LogP contribution in [0.4, 0.5) is 0 Å². The van der Waals surface area contributed by atoms with Crippen molar-refractivity contribution in [1.82, 2.24) is 0 Å². The average Bonchev–Trinajstić information content (AvgIpc) is 1.78. The van der Waals surface area contributed by atoms with E-state index in [2.05, 4.69) is 26.5 Å². The lowest BCUT2D eigenvalue weighted by Gasteiger charge is -2.08. The minimum absolute atomic E-state index is 0.250. The largest absolute Gasteiger partial charge is 0.548 e. The van der Waals surface area contributed by atoms with Gasteiger partial charge in [0.25, 0.3) is 10.1 Å². The van der Waals surface area contributed by atoms with Crippen LogP contribution in [-0.2, 0) is 14.9 Å². The molecular formula is C7H18N2O5S. The molecule has 0 amide bonds. The van der Waals surface area contributed by atoms with E-state index in [1.807, 2.05) is 0 Å². The second-order valence-corrected chi connectivity index (χ2v) is 5.73. The molecule has 0 aromatic heterocycles. The van der Waals surface area contributed by atoms with Gasteiger partial charge in [-0.2, -0.15) is 8.42 Å². The Morgan fingerprint density at radius 2 is 1.80 bits per heavy atom. The molecule has 0 unspecified atom stereocenters. The van der Waals surface area contributed by atoms with E-state index in [-0.39, 0.29) is 5.54 Å². The van der Waals surface area contributed by atoms with Crippen molar-refractivity contribution in [2.45, 2.75) is 32.4 Å². The van der Waals surface area contributed by atoms with E-state index in [0.717, 1.165) is 0 Å². The van der Waals surface area contributed by atoms with E-state index in [9.17, 15) is 18.3 Å². The Labute approximate surface area is 89.2 Å². The molecule has 0 heterocycles. The summed E-state index contributed by atoms with van der Waals surface area (Å²) in [7, 11) is -4.31. The summed E-state index contributed by atoms with van der Waals surface area (Å²) in [6, 6.07) is -1.67. The zero-order valence-corrected chi connectivity index (χ0v) is 9.87. The molecule has 0 aromatic carbocycles. The number of rotatable bonds is 3. The van der Waals surface area contributed by atoms with Crippen LogP contribution in [0.3, 0.4) is 0 Å². The summed E-state index contributed by atoms with van der Waals surface area (Å²) in [5, 5.41) is 9.77. The van der Waals surface area contributed by atoms with Gasteiger partial charge in [0.15, 0.2) is 0 Å². The van der Waals surface area contributed by atoms with E-state index < -0.39 is 27.9 Å². The standard InChI is InChI=1S/C4H11N.C3H7NO5S/c1-4(2,3)5;4-2(3(5)6)1-10(7,8)9/h5H2,1-3H3;2H,1,4H2,(H,5,6)(H,7,8,9)/t;2-/m.1/s1. The molecule has 92 valence electrons. The Kier molecular flexibility index (Phi) is 6.70. The molecule has 0 radical (unpaired) electrons. The van der Waals surface area contributed by atoms with Crippen LogP contribution < -0.4 is 16.6 Å². The van der Waals surface area contributed by atoms with E-state index in [1.165, 1.54) is 0 Å². The molecule has 0 aliphatic heterocycles. The fraction of sp³-hybridized carbons (Fsp3) is 0.857. The number of quaternary nitrogens is 1. The van der Waals surface area contributed by atoms with Crippen molar-refractivity contribution in [2.75, 3.05) is 5.75 Å². The Bertz CT molecular complexity index is 287. The number of carbonyl (C=O) groups excluding carboxylic acids is 1. The van der Waals surface area contributed by atoms with Crippen LogP contribution in [0, 0.1) is 0 Å². The number of carbonyl (C=O) groups is 1. The summed E-state index contributed by atoms with van der Waals surface area (Å²) in [5.41, 5.74) is 8.72. The van der Waals surface area contributed by atoms with E-state index in [1.54, 1.807) is 0 Å². The highest BCUT2D eigenvalue weighted by Crippen LogP contribution is 1.85. The monoisotopic (exact) mass is 242 g/mol. The molecule has 0 rings (SSSR count). The maximum absolute atomic E-state index is 9.93. The molecule has 0 bridgehead atoms. The van der Waals surface area contributed by atoms with Gasteiger partial charge in [-0.1, -0.05) is 0 Å². The van der Waals surface area contributed by atoms with Crippen LogP contribution in [0.15, 0.2) is 0 Å². The van der Waals surface area contributed by atoms with Gasteiger partial charge in [-0.25, -0.2) is 0 Å². The molecule has 0 spiro atoms. The van der Waals surface area contributed by atoms with Gasteiger partial charge in [0, 0.05) is 0 Å². The molecule has 8 heteroatoms. The van der Waals surface area contributed by atoms with Crippen LogP contribution >= 0.6 is 0 Å². The van der Waals surface area contributed by atoms with Gasteiger partial charge in [-0.3, -0.25) is 4.55 Å². The van der Waals surface area contributed by atoms with E-state index >= 15 is 0 Å². The maximum atomic E-state index is 9.93. The van der Waals surface area contributed by atoms with Gasteiger partial charge in [0.1, 0.15) is 0 Å². The third-order valence-electron chi connectivity index (χ3n) is 0.693. The van der Waals surface area contributed by atoms with Gasteiger partial charge >= 0.3 is 0 Å². The quantitative estimate of drug-likeness (QED) is 0.448. The smallest absolute Gasteiger partial charge is 0.266 e. The minimum Gasteiger partial charge on any atom is -0.548 e. The molecule has 0 aromatic rings. The number of carboxylic acids is 1. The summed E-state index contributed by atoms with van der Waals surface area (Å²) in [6.45, 7) is 6.23. The second kappa shape index (κ2) is 6.01. The normalized spacial score (nSPS) is 13.7. The van der Waals surface area contributed by atoms with Crippen molar-refractivity contribution in [2.24, 2.45) is 5.73 Å². The zero-order chi connectivity index (χ0) is 12.9. The van der Waals surface area contributed by atoms with Gasteiger partial charge in [-0.05, 0) is 20.8 Å². The molecule has 1 atom stereocenters. The predicted molar refractivity (Wildman–Crippen MR) is 52.0 cm³/mol. The zero-order valence-electron chi connectivity index (χ0n) is 9.06. The molecular weight excluding hydrogens is 224 g/mol. The lowest BCUT2D eigenvalue weighted by molar-refractivity contribution is -0.458. The van der Waals surface area contributed by atoms with Crippen molar-refractivity contribution in [3.63, 3.8) is 0 Å². The first kappa shape index (κ1) is 16.7. The van der Waals surface area contributed by atoms with Crippen LogP contribution in [0.5, 0.6) is 0 Å². The highest BCUT2D eigenvalue weighted by Gasteiger charge is 2.12. The molecule has 0 aliphatic rings. The molecule has 0 aliphatic carbocycles. The minimum atomic E-state index is -4.31. The van der Waals surface area contributed by atoms with Crippen molar-refractivity contribution in [3.05, 3.63) is 0 Å². The summed E-state index contributed by atoms with van der Waals surface area (Å²) >= 11 is 0. The van der Waals surface area contributed by atoms with Gasteiger partial charge < -0.3 is 21.4 Å². The van der Waals surface area contributed by atoms with Gasteiger partial charge in [0.2, 0.25) is 0 Å². The van der Waals surface area contributed by atoms with Crippen molar-refractivity contribution < 1.29 is 28.6 Å². The van der Waals surface area contributed by atoms with E-state index in [4.69, 9.17) is 10.3 Å². The lowest BCUT2D eigenvalue weighted by atomic mass is 10.1. The summed E-state index contributed by atoms with van der Waals surface area (Å²) in [6.07, 6.45) is 0. The molecule has 0 fully saturated rings. The third kappa shape index (κ3) is 24.7. The van der Waals surface area contributed by atoms with E-state index in [0.29, 0.717) is 0 Å². The Morgan fingerprint density at radius 1 is 1.53 bits per heavy atom. The molecule has 7 nitrogen and oxygen atoms in total. The predicted octanol–water partition coefficient (Wildman–Crippen LogP) is -3.02. The molecule has 6 N–H and O–H groups in total. The van der Waals surface area contributed by atoms with Crippen LogP contribution in [-0.4, -0.2) is 36.3 Å². The molecule has 0 saturated heterocycles. The van der Waals surface area contributed by atoms with Crippen molar-refractivity contribution >= 4 is 16.1 Å². The van der Waals surface area contributed by atoms with Gasteiger partial charge in [0.05, 0.1) is 23.3 Å². The molecule has 15 heavy (non-hydrogen) atoms. The maximum Gasteiger partial charge on any atom is 0.266 e. The van der Waals surface area contributed by atoms with Crippen LogP contribution in [0.2, 0.25) is 0 Å². The number of aliphatic carboxylic acids is 1. The topological polar surface area (TPSA) is 148 Å². The molecule has 0 saturated carbocycles. The summed E-state index contributed by atoms with van der Waals surface area (Å²) < 4.78 is 27.9. The highest BCUT2D eigenvalue weighted by molar-refractivity contribution is 7.85. The SMILES string of the molecule is CC(C)(C)[NH3+].N[C@H](CS(=O)(=O)O)C(=O)[O-]. The highest BCUT2D eigenvalue weighted by atomic mass is 32.2.